The van der Waals surface area contributed by atoms with Crippen LogP contribution in [0.4, 0.5) is 11.4 Å². The minimum atomic E-state index is -3.78. The van der Waals surface area contributed by atoms with Crippen LogP contribution in [0.1, 0.15) is 18.9 Å². The van der Waals surface area contributed by atoms with Crippen LogP contribution in [0.5, 0.6) is 0 Å². The Morgan fingerprint density at radius 2 is 1.82 bits per heavy atom. The second kappa shape index (κ2) is 11.7. The van der Waals surface area contributed by atoms with Crippen molar-refractivity contribution < 1.29 is 13.2 Å². The van der Waals surface area contributed by atoms with Gasteiger partial charge in [-0.3, -0.25) is 9.69 Å². The van der Waals surface area contributed by atoms with Crippen molar-refractivity contribution in [2.45, 2.75) is 26.3 Å². The topological polar surface area (TPSA) is 76.2 Å². The SMILES string of the molecule is Cc1cccc(N2CCN(CCCNC(=O)CN(c3ccccc3)S(=O)(=O)N(C)C)CC2C)c1. The molecule has 0 aliphatic carbocycles. The summed E-state index contributed by atoms with van der Waals surface area (Å²) in [6, 6.07) is 17.7. The summed E-state index contributed by atoms with van der Waals surface area (Å²) in [6.07, 6.45) is 0.814. The predicted molar refractivity (Wildman–Crippen MR) is 138 cm³/mol. The number of carbonyl (C=O) groups is 1. The van der Waals surface area contributed by atoms with Crippen LogP contribution < -0.4 is 14.5 Å². The van der Waals surface area contributed by atoms with Crippen molar-refractivity contribution in [2.24, 2.45) is 0 Å². The molecule has 1 unspecified atom stereocenters. The van der Waals surface area contributed by atoms with Gasteiger partial charge in [0.15, 0.2) is 0 Å². The number of nitrogens with zero attached hydrogens (tertiary/aromatic N) is 4. The second-order valence-electron chi connectivity index (χ2n) is 9.02. The Labute approximate surface area is 204 Å². The summed E-state index contributed by atoms with van der Waals surface area (Å²) in [5.74, 6) is -0.313. The third-order valence-electron chi connectivity index (χ3n) is 6.09. The van der Waals surface area contributed by atoms with E-state index < -0.39 is 10.2 Å². The summed E-state index contributed by atoms with van der Waals surface area (Å²) in [7, 11) is -0.857. The third kappa shape index (κ3) is 6.71. The van der Waals surface area contributed by atoms with E-state index in [4.69, 9.17) is 0 Å². The number of hydrogen-bond donors (Lipinski definition) is 1. The number of carbonyl (C=O) groups excluding carboxylic acids is 1. The molecule has 8 nitrogen and oxygen atoms in total. The molecule has 1 saturated heterocycles. The Bertz CT molecular complexity index is 1050. The van der Waals surface area contributed by atoms with Crippen LogP contribution >= 0.6 is 0 Å². The van der Waals surface area contributed by atoms with Crippen molar-refractivity contribution in [3.05, 3.63) is 60.2 Å². The first-order chi connectivity index (χ1) is 16.2. The normalized spacial score (nSPS) is 17.1. The van der Waals surface area contributed by atoms with Gasteiger partial charge >= 0.3 is 10.2 Å². The van der Waals surface area contributed by atoms with Crippen molar-refractivity contribution in [3.8, 4) is 0 Å². The molecule has 0 aromatic heterocycles. The molecule has 1 amide bonds. The highest BCUT2D eigenvalue weighted by atomic mass is 32.2. The van der Waals surface area contributed by atoms with Gasteiger partial charge in [0.25, 0.3) is 0 Å². The van der Waals surface area contributed by atoms with Crippen LogP contribution in [-0.2, 0) is 15.0 Å². The van der Waals surface area contributed by atoms with Gasteiger partial charge in [0, 0.05) is 52.0 Å². The molecule has 2 aromatic rings. The maximum Gasteiger partial charge on any atom is 0.304 e. The minimum Gasteiger partial charge on any atom is -0.366 e. The quantitative estimate of drug-likeness (QED) is 0.521. The molecule has 1 fully saturated rings. The number of hydrogen-bond acceptors (Lipinski definition) is 5. The predicted octanol–water partition coefficient (Wildman–Crippen LogP) is 2.32. The van der Waals surface area contributed by atoms with Crippen molar-refractivity contribution in [3.63, 3.8) is 0 Å². The molecule has 1 atom stereocenters. The number of aryl methyl sites for hydroxylation is 1. The van der Waals surface area contributed by atoms with E-state index in [9.17, 15) is 13.2 Å². The van der Waals surface area contributed by atoms with Crippen molar-refractivity contribution in [1.29, 1.82) is 0 Å². The molecule has 9 heteroatoms. The minimum absolute atomic E-state index is 0.253. The summed E-state index contributed by atoms with van der Waals surface area (Å²) < 4.78 is 27.7. The fourth-order valence-electron chi connectivity index (χ4n) is 4.24. The average Bonchev–Trinajstić information content (AvgIpc) is 2.80. The van der Waals surface area contributed by atoms with E-state index in [-0.39, 0.29) is 12.5 Å². The monoisotopic (exact) mass is 487 g/mol. The molecule has 1 aliphatic heterocycles. The van der Waals surface area contributed by atoms with Crippen LogP contribution in [0.25, 0.3) is 0 Å². The lowest BCUT2D eigenvalue weighted by Gasteiger charge is -2.41. The van der Waals surface area contributed by atoms with Crippen LogP contribution in [0.2, 0.25) is 0 Å². The molecule has 34 heavy (non-hydrogen) atoms. The van der Waals surface area contributed by atoms with Crippen molar-refractivity contribution >= 4 is 27.5 Å². The fraction of sp³-hybridized carbons (Fsp3) is 0.480. The van der Waals surface area contributed by atoms with Gasteiger partial charge in [-0.05, 0) is 56.6 Å². The molecular formula is C25H37N5O3S. The zero-order valence-corrected chi connectivity index (χ0v) is 21.5. The maximum atomic E-state index is 12.7. The smallest absolute Gasteiger partial charge is 0.304 e. The first kappa shape index (κ1) is 26.0. The summed E-state index contributed by atoms with van der Waals surface area (Å²) in [4.78, 5) is 17.5. The van der Waals surface area contributed by atoms with E-state index in [1.807, 2.05) is 6.07 Å². The van der Waals surface area contributed by atoms with Gasteiger partial charge in [-0.1, -0.05) is 30.3 Å². The van der Waals surface area contributed by atoms with Crippen LogP contribution in [0, 0.1) is 6.92 Å². The molecule has 0 saturated carbocycles. The number of nitrogens with one attached hydrogen (secondary N) is 1. The van der Waals surface area contributed by atoms with Crippen molar-refractivity contribution in [2.75, 3.05) is 62.6 Å². The Balaban J connectivity index is 1.46. The van der Waals surface area contributed by atoms with E-state index in [1.165, 1.54) is 25.3 Å². The highest BCUT2D eigenvalue weighted by Gasteiger charge is 2.27. The first-order valence-corrected chi connectivity index (χ1v) is 13.2. The molecule has 2 aromatic carbocycles. The largest absolute Gasteiger partial charge is 0.366 e. The lowest BCUT2D eigenvalue weighted by molar-refractivity contribution is -0.119. The number of para-hydroxylation sites is 1. The van der Waals surface area contributed by atoms with E-state index >= 15 is 0 Å². The molecule has 0 spiro atoms. The van der Waals surface area contributed by atoms with Gasteiger partial charge in [0.2, 0.25) is 5.91 Å². The van der Waals surface area contributed by atoms with Gasteiger partial charge in [-0.15, -0.1) is 0 Å². The molecule has 1 N–H and O–H groups in total. The van der Waals surface area contributed by atoms with Gasteiger partial charge in [-0.2, -0.15) is 12.7 Å². The summed E-state index contributed by atoms with van der Waals surface area (Å²) >= 11 is 0. The third-order valence-corrected chi connectivity index (χ3v) is 7.91. The summed E-state index contributed by atoms with van der Waals surface area (Å²) in [5.41, 5.74) is 3.01. The van der Waals surface area contributed by atoms with Gasteiger partial charge in [0.1, 0.15) is 6.54 Å². The van der Waals surface area contributed by atoms with Gasteiger partial charge < -0.3 is 10.2 Å². The molecule has 186 valence electrons. The fourth-order valence-corrected chi connectivity index (χ4v) is 5.30. The average molecular weight is 488 g/mol. The Morgan fingerprint density at radius 3 is 2.47 bits per heavy atom. The lowest BCUT2D eigenvalue weighted by Crippen LogP contribution is -2.52. The molecule has 1 aliphatic rings. The van der Waals surface area contributed by atoms with Gasteiger partial charge in [-0.25, -0.2) is 4.31 Å². The molecule has 0 radical (unpaired) electrons. The van der Waals surface area contributed by atoms with Crippen molar-refractivity contribution in [1.82, 2.24) is 14.5 Å². The van der Waals surface area contributed by atoms with E-state index in [2.05, 4.69) is 53.2 Å². The Morgan fingerprint density at radius 1 is 1.09 bits per heavy atom. The van der Waals surface area contributed by atoms with Crippen LogP contribution in [0.15, 0.2) is 54.6 Å². The number of benzene rings is 2. The number of anilines is 2. The van der Waals surface area contributed by atoms with Crippen LogP contribution in [0.3, 0.4) is 0 Å². The molecular weight excluding hydrogens is 450 g/mol. The van der Waals surface area contributed by atoms with Crippen LogP contribution in [-0.4, -0.2) is 82.9 Å². The summed E-state index contributed by atoms with van der Waals surface area (Å²) in [6.45, 7) is 8.45. The van der Waals surface area contributed by atoms with E-state index in [0.29, 0.717) is 18.3 Å². The second-order valence-corrected chi connectivity index (χ2v) is 11.1. The zero-order valence-electron chi connectivity index (χ0n) is 20.6. The molecule has 1 heterocycles. The van der Waals surface area contributed by atoms with E-state index in [1.54, 1.807) is 24.3 Å². The Hall–Kier alpha value is -2.62. The van der Waals surface area contributed by atoms with Gasteiger partial charge in [0.05, 0.1) is 5.69 Å². The molecule has 0 bridgehead atoms. The number of piperazine rings is 1. The zero-order chi connectivity index (χ0) is 24.7. The highest BCUT2D eigenvalue weighted by Crippen LogP contribution is 2.22. The Kier molecular flexibility index (Phi) is 8.93. The first-order valence-electron chi connectivity index (χ1n) is 11.8. The lowest BCUT2D eigenvalue weighted by atomic mass is 10.1. The number of amides is 1. The number of rotatable bonds is 10. The standard InChI is InChI=1S/C25H37N5O3S/c1-21-10-8-13-24(18-21)29-17-16-28(19-22(29)2)15-9-14-26-25(31)20-30(34(32,33)27(3)4)23-11-6-5-7-12-23/h5-8,10-13,18,22H,9,14-17,19-20H2,1-4H3,(H,26,31). The highest BCUT2D eigenvalue weighted by molar-refractivity contribution is 7.90. The molecule has 3 rings (SSSR count). The maximum absolute atomic E-state index is 12.7. The van der Waals surface area contributed by atoms with E-state index in [0.717, 1.165) is 41.2 Å². The summed E-state index contributed by atoms with van der Waals surface area (Å²) in [5, 5.41) is 2.88.